The van der Waals surface area contributed by atoms with Gasteiger partial charge in [0.25, 0.3) is 0 Å². The minimum absolute atomic E-state index is 0.0863. The molecule has 0 radical (unpaired) electrons. The molecular formula is C20H28N2O2S. The van der Waals surface area contributed by atoms with Gasteiger partial charge < -0.3 is 4.90 Å². The van der Waals surface area contributed by atoms with Gasteiger partial charge in [0.1, 0.15) is 0 Å². The number of rotatable bonds is 5. The predicted octanol–water partition coefficient (Wildman–Crippen LogP) is 3.22. The van der Waals surface area contributed by atoms with Crippen LogP contribution in [0.15, 0.2) is 11.4 Å². The van der Waals surface area contributed by atoms with Crippen molar-refractivity contribution in [3.8, 4) is 0 Å². The van der Waals surface area contributed by atoms with Gasteiger partial charge in [0.05, 0.1) is 11.3 Å². The van der Waals surface area contributed by atoms with Crippen LogP contribution >= 0.6 is 11.3 Å². The number of carbonyl (C=O) groups is 2. The maximum Gasteiger partial charge on any atom is 0.227 e. The van der Waals surface area contributed by atoms with E-state index in [0.717, 1.165) is 29.4 Å². The van der Waals surface area contributed by atoms with Crippen molar-refractivity contribution in [2.24, 2.45) is 11.8 Å². The molecule has 2 bridgehead atoms. The molecule has 1 aromatic rings. The second kappa shape index (κ2) is 7.20. The van der Waals surface area contributed by atoms with Crippen LogP contribution in [0.4, 0.5) is 0 Å². The van der Waals surface area contributed by atoms with Gasteiger partial charge in [-0.05, 0) is 61.5 Å². The predicted molar refractivity (Wildman–Crippen MR) is 100 cm³/mol. The van der Waals surface area contributed by atoms with E-state index in [1.165, 1.54) is 56.5 Å². The molecule has 1 aliphatic carbocycles. The molecule has 5 heteroatoms. The summed E-state index contributed by atoms with van der Waals surface area (Å²) >= 11 is 1.45. The summed E-state index contributed by atoms with van der Waals surface area (Å²) in [5.41, 5.74) is 0.989. The van der Waals surface area contributed by atoms with Crippen LogP contribution in [0.5, 0.6) is 0 Å². The number of carbonyl (C=O) groups excluding carboxylic acids is 2. The van der Waals surface area contributed by atoms with Crippen LogP contribution in [0.3, 0.4) is 0 Å². The van der Waals surface area contributed by atoms with Crippen molar-refractivity contribution in [1.82, 2.24) is 9.80 Å². The molecule has 0 aromatic carbocycles. The molecule has 0 spiro atoms. The van der Waals surface area contributed by atoms with Crippen molar-refractivity contribution in [1.29, 1.82) is 0 Å². The third kappa shape index (κ3) is 3.82. The number of fused-ring (bicyclic) bond motifs is 4. The number of ketones is 1. The Labute approximate surface area is 154 Å². The molecule has 0 N–H and O–H groups in total. The van der Waals surface area contributed by atoms with E-state index in [2.05, 4.69) is 9.80 Å². The van der Waals surface area contributed by atoms with Gasteiger partial charge >= 0.3 is 0 Å². The Morgan fingerprint density at radius 1 is 1.16 bits per heavy atom. The van der Waals surface area contributed by atoms with Crippen LogP contribution in [0.25, 0.3) is 0 Å². The van der Waals surface area contributed by atoms with Gasteiger partial charge in [0.15, 0.2) is 5.78 Å². The fourth-order valence-corrected chi connectivity index (χ4v) is 5.37. The summed E-state index contributed by atoms with van der Waals surface area (Å²) in [6, 6.07) is 2.44. The quantitative estimate of drug-likeness (QED) is 0.757. The summed E-state index contributed by atoms with van der Waals surface area (Å²) in [5.74, 6) is 1.86. The molecule has 0 unspecified atom stereocenters. The summed E-state index contributed by atoms with van der Waals surface area (Å²) in [4.78, 5) is 29.8. The van der Waals surface area contributed by atoms with E-state index >= 15 is 0 Å². The highest BCUT2D eigenvalue weighted by Gasteiger charge is 2.37. The molecule has 1 aromatic heterocycles. The molecule has 136 valence electrons. The van der Waals surface area contributed by atoms with Gasteiger partial charge in [-0.15, -0.1) is 11.3 Å². The van der Waals surface area contributed by atoms with Gasteiger partial charge in [0.2, 0.25) is 5.91 Å². The summed E-state index contributed by atoms with van der Waals surface area (Å²) < 4.78 is 0. The summed E-state index contributed by atoms with van der Waals surface area (Å²) in [6.07, 6.45) is 7.14. The maximum atomic E-state index is 12.8. The first-order valence-corrected chi connectivity index (χ1v) is 10.6. The summed E-state index contributed by atoms with van der Waals surface area (Å²) in [7, 11) is 0. The number of hydrogen-bond acceptors (Lipinski definition) is 4. The highest BCUT2D eigenvalue weighted by molar-refractivity contribution is 7.12. The van der Waals surface area contributed by atoms with Crippen LogP contribution in [0.1, 0.15) is 54.3 Å². The SMILES string of the molecule is CC(=O)c1cc(CC(=O)N2C[C@H]3CC[C@@H](C2)N(CC2CCC2)C3)cs1. The van der Waals surface area contributed by atoms with E-state index in [9.17, 15) is 9.59 Å². The number of hydrogen-bond donors (Lipinski definition) is 0. The average molecular weight is 361 g/mol. The van der Waals surface area contributed by atoms with Gasteiger partial charge in [-0.25, -0.2) is 0 Å². The second-order valence-electron chi connectivity index (χ2n) is 8.20. The van der Waals surface area contributed by atoms with Crippen LogP contribution in [-0.2, 0) is 11.2 Å². The number of Topliss-reactive ketones (excluding diaryl/α,β-unsaturated/α-hetero) is 1. The molecule has 2 atom stereocenters. The lowest BCUT2D eigenvalue weighted by atomic mass is 9.83. The van der Waals surface area contributed by atoms with Crippen LogP contribution in [0.2, 0.25) is 0 Å². The van der Waals surface area contributed by atoms with Gasteiger partial charge in [-0.1, -0.05) is 6.42 Å². The molecule has 4 heterocycles. The first-order chi connectivity index (χ1) is 12.1. The standard InChI is InChI=1S/C20H28N2O2S/c1-14(23)19-7-17(13-25-19)8-20(24)22-11-16-5-6-18(12-22)21(10-16)9-15-3-2-4-15/h7,13,15-16,18H,2-6,8-12H2,1H3/t16-,18-/m0/s1. The molecule has 4 nitrogen and oxygen atoms in total. The van der Waals surface area contributed by atoms with Crippen LogP contribution in [0, 0.1) is 11.8 Å². The highest BCUT2D eigenvalue weighted by atomic mass is 32.1. The first-order valence-electron chi connectivity index (χ1n) is 9.68. The Kier molecular flexibility index (Phi) is 4.96. The first kappa shape index (κ1) is 17.2. The van der Waals surface area contributed by atoms with Crippen LogP contribution < -0.4 is 0 Å². The lowest BCUT2D eigenvalue weighted by molar-refractivity contribution is -0.130. The van der Waals surface area contributed by atoms with Crippen molar-refractivity contribution in [2.75, 3.05) is 26.2 Å². The normalized spacial score (nSPS) is 27.2. The Balaban J connectivity index is 1.38. The molecule has 5 rings (SSSR count). The Hall–Kier alpha value is -1.20. The maximum absolute atomic E-state index is 12.8. The molecule has 4 aliphatic rings. The van der Waals surface area contributed by atoms with E-state index in [1.54, 1.807) is 6.92 Å². The van der Waals surface area contributed by atoms with Crippen molar-refractivity contribution >= 4 is 23.0 Å². The number of amides is 1. The Bertz CT molecular complexity index is 652. The smallest absolute Gasteiger partial charge is 0.227 e. The van der Waals surface area contributed by atoms with Crippen molar-refractivity contribution < 1.29 is 9.59 Å². The largest absolute Gasteiger partial charge is 0.341 e. The number of thiophene rings is 1. The van der Waals surface area contributed by atoms with E-state index in [-0.39, 0.29) is 11.7 Å². The molecule has 1 saturated carbocycles. The molecule has 1 amide bonds. The lowest BCUT2D eigenvalue weighted by Gasteiger charge is -2.40. The molecule has 3 saturated heterocycles. The van der Waals surface area contributed by atoms with Crippen LogP contribution in [-0.4, -0.2) is 53.7 Å². The van der Waals surface area contributed by atoms with E-state index < -0.39 is 0 Å². The molecular weight excluding hydrogens is 332 g/mol. The zero-order valence-electron chi connectivity index (χ0n) is 15.1. The zero-order chi connectivity index (χ0) is 17.4. The van der Waals surface area contributed by atoms with Crippen molar-refractivity contribution in [2.45, 2.75) is 51.5 Å². The zero-order valence-corrected chi connectivity index (χ0v) is 15.9. The summed E-state index contributed by atoms with van der Waals surface area (Å²) in [5, 5.41) is 1.96. The van der Waals surface area contributed by atoms with E-state index in [4.69, 9.17) is 0 Å². The van der Waals surface area contributed by atoms with Gasteiger partial charge in [-0.3, -0.25) is 14.5 Å². The monoisotopic (exact) mass is 360 g/mol. The third-order valence-corrected chi connectivity index (χ3v) is 7.33. The van der Waals surface area contributed by atoms with Crippen molar-refractivity contribution in [3.63, 3.8) is 0 Å². The minimum Gasteiger partial charge on any atom is -0.341 e. The van der Waals surface area contributed by atoms with E-state index in [0.29, 0.717) is 18.4 Å². The van der Waals surface area contributed by atoms with E-state index in [1.807, 2.05) is 11.4 Å². The fourth-order valence-electron chi connectivity index (χ4n) is 4.55. The topological polar surface area (TPSA) is 40.6 Å². The molecule has 4 fully saturated rings. The minimum atomic E-state index is 0.0863. The fraction of sp³-hybridized carbons (Fsp3) is 0.700. The molecule has 3 aliphatic heterocycles. The van der Waals surface area contributed by atoms with Gasteiger partial charge in [0, 0.05) is 32.2 Å². The van der Waals surface area contributed by atoms with Gasteiger partial charge in [-0.2, -0.15) is 0 Å². The number of piperidine rings is 1. The average Bonchev–Trinajstić information content (AvgIpc) is 2.82. The lowest BCUT2D eigenvalue weighted by Crippen LogP contribution is -2.47. The third-order valence-electron chi connectivity index (χ3n) is 6.25. The summed E-state index contributed by atoms with van der Waals surface area (Å²) in [6.45, 7) is 5.82. The Morgan fingerprint density at radius 3 is 2.68 bits per heavy atom. The molecule has 25 heavy (non-hydrogen) atoms. The Morgan fingerprint density at radius 2 is 2.00 bits per heavy atom. The highest BCUT2D eigenvalue weighted by Crippen LogP contribution is 2.33. The number of nitrogens with zero attached hydrogens (tertiary/aromatic N) is 2. The van der Waals surface area contributed by atoms with Crippen molar-refractivity contribution in [3.05, 3.63) is 21.9 Å². The second-order valence-corrected chi connectivity index (χ2v) is 9.11.